The molecule has 170 valence electrons. The maximum atomic E-state index is 6.26. The van der Waals surface area contributed by atoms with Crippen molar-refractivity contribution in [2.24, 2.45) is 0 Å². The third-order valence-corrected chi connectivity index (χ3v) is 6.83. The van der Waals surface area contributed by atoms with E-state index in [0.717, 1.165) is 44.6 Å². The van der Waals surface area contributed by atoms with E-state index in [1.165, 1.54) is 16.3 Å². The molecule has 0 saturated heterocycles. The first-order chi connectivity index (χ1) is 17.9. The predicted molar refractivity (Wildman–Crippen MR) is 151 cm³/mol. The lowest BCUT2D eigenvalue weighted by Crippen LogP contribution is -2.11. The Morgan fingerprint density at radius 1 is 0.444 bits per heavy atom. The standard InChI is InChI=1S/C34H23NO/c1-3-14-26(15-4-1)35(27-16-5-2-6-17-27)31-23-25-13-8-7-12-24(25)22-30(31)28-19-11-21-33-34(28)29-18-9-10-20-32(29)36-33/h1-23H. The number of benzene rings is 6. The van der Waals surface area contributed by atoms with Crippen LogP contribution in [0.5, 0.6) is 0 Å². The lowest BCUT2D eigenvalue weighted by Gasteiger charge is -2.28. The van der Waals surface area contributed by atoms with E-state index in [0.29, 0.717) is 0 Å². The molecule has 2 nitrogen and oxygen atoms in total. The zero-order valence-corrected chi connectivity index (χ0v) is 19.6. The second-order valence-electron chi connectivity index (χ2n) is 9.00. The van der Waals surface area contributed by atoms with Crippen LogP contribution in [-0.2, 0) is 0 Å². The average Bonchev–Trinajstić information content (AvgIpc) is 3.33. The summed E-state index contributed by atoms with van der Waals surface area (Å²) >= 11 is 0. The highest BCUT2D eigenvalue weighted by molar-refractivity contribution is 6.14. The smallest absolute Gasteiger partial charge is 0.136 e. The number of furan rings is 1. The molecule has 0 atom stereocenters. The van der Waals surface area contributed by atoms with Crippen molar-refractivity contribution in [2.45, 2.75) is 0 Å². The number of nitrogens with zero attached hydrogens (tertiary/aromatic N) is 1. The number of fused-ring (bicyclic) bond motifs is 4. The Morgan fingerprint density at radius 2 is 1.03 bits per heavy atom. The third-order valence-electron chi connectivity index (χ3n) is 6.83. The van der Waals surface area contributed by atoms with Crippen molar-refractivity contribution in [3.8, 4) is 11.1 Å². The summed E-state index contributed by atoms with van der Waals surface area (Å²) in [5.74, 6) is 0. The lowest BCUT2D eigenvalue weighted by molar-refractivity contribution is 0.669. The molecule has 36 heavy (non-hydrogen) atoms. The van der Waals surface area contributed by atoms with Gasteiger partial charge in [0.15, 0.2) is 0 Å². The number of anilines is 3. The molecule has 0 aliphatic carbocycles. The molecule has 2 heteroatoms. The Hall–Kier alpha value is -4.82. The molecule has 1 heterocycles. The fourth-order valence-electron chi connectivity index (χ4n) is 5.21. The Balaban J connectivity index is 1.60. The van der Waals surface area contributed by atoms with Crippen LogP contribution in [0, 0.1) is 0 Å². The van der Waals surface area contributed by atoms with Gasteiger partial charge in [0.25, 0.3) is 0 Å². The molecule has 0 fully saturated rings. The molecule has 1 aromatic heterocycles. The molecule has 0 radical (unpaired) electrons. The van der Waals surface area contributed by atoms with Gasteiger partial charge in [0.1, 0.15) is 11.2 Å². The number of hydrogen-bond donors (Lipinski definition) is 0. The van der Waals surface area contributed by atoms with Crippen molar-refractivity contribution in [1.29, 1.82) is 0 Å². The van der Waals surface area contributed by atoms with E-state index in [1.54, 1.807) is 0 Å². The van der Waals surface area contributed by atoms with E-state index in [-0.39, 0.29) is 0 Å². The largest absolute Gasteiger partial charge is 0.456 e. The van der Waals surface area contributed by atoms with Gasteiger partial charge in [-0.05, 0) is 64.9 Å². The maximum Gasteiger partial charge on any atom is 0.136 e. The van der Waals surface area contributed by atoms with Crippen molar-refractivity contribution in [3.63, 3.8) is 0 Å². The molecular formula is C34H23NO. The molecular weight excluding hydrogens is 438 g/mol. The predicted octanol–water partition coefficient (Wildman–Crippen LogP) is 9.88. The van der Waals surface area contributed by atoms with Crippen molar-refractivity contribution in [3.05, 3.63) is 140 Å². The van der Waals surface area contributed by atoms with Gasteiger partial charge >= 0.3 is 0 Å². The van der Waals surface area contributed by atoms with Gasteiger partial charge in [-0.15, -0.1) is 0 Å². The molecule has 0 bridgehead atoms. The molecule has 7 aromatic rings. The van der Waals surface area contributed by atoms with Crippen molar-refractivity contribution >= 4 is 49.8 Å². The summed E-state index contributed by atoms with van der Waals surface area (Å²) in [5, 5.41) is 4.69. The minimum Gasteiger partial charge on any atom is -0.456 e. The van der Waals surface area contributed by atoms with Crippen LogP contribution in [0.15, 0.2) is 144 Å². The molecule has 0 saturated carbocycles. The molecule has 0 aliphatic rings. The van der Waals surface area contributed by atoms with Gasteiger partial charge in [-0.1, -0.05) is 91.0 Å². The zero-order chi connectivity index (χ0) is 23.9. The summed E-state index contributed by atoms with van der Waals surface area (Å²) in [6.45, 7) is 0. The summed E-state index contributed by atoms with van der Waals surface area (Å²) in [5.41, 5.74) is 7.50. The van der Waals surface area contributed by atoms with Crippen molar-refractivity contribution in [1.82, 2.24) is 0 Å². The van der Waals surface area contributed by atoms with Crippen LogP contribution < -0.4 is 4.90 Å². The first-order valence-electron chi connectivity index (χ1n) is 12.2. The van der Waals surface area contributed by atoms with Gasteiger partial charge in [0.2, 0.25) is 0 Å². The second kappa shape index (κ2) is 8.44. The van der Waals surface area contributed by atoms with E-state index >= 15 is 0 Å². The molecule has 0 aliphatic heterocycles. The third kappa shape index (κ3) is 3.35. The zero-order valence-electron chi connectivity index (χ0n) is 19.6. The summed E-state index contributed by atoms with van der Waals surface area (Å²) in [4.78, 5) is 2.35. The normalized spacial score (nSPS) is 11.3. The fourth-order valence-corrected chi connectivity index (χ4v) is 5.21. The fraction of sp³-hybridized carbons (Fsp3) is 0. The van der Waals surface area contributed by atoms with Gasteiger partial charge in [0.05, 0.1) is 5.69 Å². The number of para-hydroxylation sites is 3. The van der Waals surface area contributed by atoms with E-state index in [2.05, 4.69) is 132 Å². The summed E-state index contributed by atoms with van der Waals surface area (Å²) in [6, 6.07) is 49.0. The van der Waals surface area contributed by atoms with E-state index in [4.69, 9.17) is 4.42 Å². The highest BCUT2D eigenvalue weighted by Gasteiger charge is 2.21. The summed E-state index contributed by atoms with van der Waals surface area (Å²) in [6.07, 6.45) is 0. The minimum atomic E-state index is 0.902. The van der Waals surface area contributed by atoms with Crippen LogP contribution in [0.3, 0.4) is 0 Å². The SMILES string of the molecule is c1ccc(N(c2ccccc2)c2cc3ccccc3cc2-c2cccc3oc4ccccc4c23)cc1. The van der Waals surface area contributed by atoms with Gasteiger partial charge < -0.3 is 9.32 Å². The minimum absolute atomic E-state index is 0.902. The van der Waals surface area contributed by atoms with Crippen LogP contribution in [0.25, 0.3) is 43.8 Å². The first kappa shape index (κ1) is 20.5. The van der Waals surface area contributed by atoms with Crippen molar-refractivity contribution < 1.29 is 4.42 Å². The topological polar surface area (TPSA) is 16.4 Å². The van der Waals surface area contributed by atoms with E-state index in [9.17, 15) is 0 Å². The van der Waals surface area contributed by atoms with Crippen LogP contribution in [0.1, 0.15) is 0 Å². The first-order valence-corrected chi connectivity index (χ1v) is 12.2. The van der Waals surface area contributed by atoms with Gasteiger partial charge in [-0.3, -0.25) is 0 Å². The van der Waals surface area contributed by atoms with E-state index in [1.807, 2.05) is 12.1 Å². The Bertz CT molecular complexity index is 1790. The molecule has 7 rings (SSSR count). The molecule has 0 unspecified atom stereocenters. The highest BCUT2D eigenvalue weighted by Crippen LogP contribution is 2.46. The monoisotopic (exact) mass is 461 g/mol. The number of rotatable bonds is 4. The van der Waals surface area contributed by atoms with Crippen LogP contribution in [0.4, 0.5) is 17.1 Å². The average molecular weight is 462 g/mol. The summed E-state index contributed by atoms with van der Waals surface area (Å²) in [7, 11) is 0. The van der Waals surface area contributed by atoms with Crippen LogP contribution >= 0.6 is 0 Å². The quantitative estimate of drug-likeness (QED) is 0.259. The Kier molecular flexibility index (Phi) is 4.82. The van der Waals surface area contributed by atoms with Gasteiger partial charge in [0, 0.05) is 27.7 Å². The Labute approximate surface area is 209 Å². The highest BCUT2D eigenvalue weighted by atomic mass is 16.3. The van der Waals surface area contributed by atoms with Gasteiger partial charge in [-0.25, -0.2) is 0 Å². The molecule has 6 aromatic carbocycles. The maximum absolute atomic E-state index is 6.26. The molecule has 0 spiro atoms. The number of hydrogen-bond acceptors (Lipinski definition) is 2. The Morgan fingerprint density at radius 3 is 1.75 bits per heavy atom. The van der Waals surface area contributed by atoms with Crippen LogP contribution in [-0.4, -0.2) is 0 Å². The van der Waals surface area contributed by atoms with Crippen LogP contribution in [0.2, 0.25) is 0 Å². The summed E-state index contributed by atoms with van der Waals surface area (Å²) < 4.78 is 6.26. The van der Waals surface area contributed by atoms with Gasteiger partial charge in [-0.2, -0.15) is 0 Å². The molecule has 0 N–H and O–H groups in total. The van der Waals surface area contributed by atoms with E-state index < -0.39 is 0 Å². The molecule has 0 amide bonds. The second-order valence-corrected chi connectivity index (χ2v) is 9.00. The lowest BCUT2D eigenvalue weighted by atomic mass is 9.94. The van der Waals surface area contributed by atoms with Crippen molar-refractivity contribution in [2.75, 3.05) is 4.90 Å².